The van der Waals surface area contributed by atoms with Crippen molar-refractivity contribution in [1.29, 1.82) is 0 Å². The van der Waals surface area contributed by atoms with Gasteiger partial charge in [0.2, 0.25) is 10.0 Å². The highest BCUT2D eigenvalue weighted by atomic mass is 35.5. The van der Waals surface area contributed by atoms with Crippen LogP contribution in [0, 0.1) is 5.82 Å². The second-order valence-electron chi connectivity index (χ2n) is 4.47. The highest BCUT2D eigenvalue weighted by Gasteiger charge is 2.16. The Morgan fingerprint density at radius 3 is 2.57 bits per heavy atom. The van der Waals surface area contributed by atoms with Gasteiger partial charge in [0, 0.05) is 6.54 Å². The minimum Gasteiger partial charge on any atom is -0.494 e. The summed E-state index contributed by atoms with van der Waals surface area (Å²) >= 11 is 5.92. The highest BCUT2D eigenvalue weighted by Crippen LogP contribution is 2.23. The van der Waals surface area contributed by atoms with Gasteiger partial charge in [0.15, 0.2) is 11.6 Å². The molecule has 0 radical (unpaired) electrons. The van der Waals surface area contributed by atoms with Crippen LogP contribution in [0.2, 0.25) is 5.02 Å². The third kappa shape index (κ3) is 4.57. The molecule has 0 aliphatic carbocycles. The number of sulfonamides is 1. The molecule has 5 nitrogen and oxygen atoms in total. The van der Waals surface area contributed by atoms with Gasteiger partial charge in [-0.15, -0.1) is 0 Å². The number of para-hydroxylation sites is 1. The van der Waals surface area contributed by atoms with Crippen molar-refractivity contribution in [3.05, 3.63) is 53.3 Å². The summed E-state index contributed by atoms with van der Waals surface area (Å²) in [4.78, 5) is -0.187. The molecule has 2 rings (SSSR count). The molecule has 0 aromatic heterocycles. The standard InChI is InChI=1S/C15H15ClFNO4S/c1-21-15-7-6-11(10-13(15)17)23(19,20)18-8-9-22-14-5-3-2-4-12(14)16/h2-7,10,18H,8-9H2,1H3. The molecular formula is C15H15ClFNO4S. The van der Waals surface area contributed by atoms with E-state index in [-0.39, 0.29) is 23.8 Å². The Morgan fingerprint density at radius 2 is 1.91 bits per heavy atom. The zero-order valence-electron chi connectivity index (χ0n) is 12.3. The first-order valence-corrected chi connectivity index (χ1v) is 8.50. The van der Waals surface area contributed by atoms with E-state index in [0.717, 1.165) is 6.07 Å². The zero-order valence-corrected chi connectivity index (χ0v) is 13.8. The van der Waals surface area contributed by atoms with Crippen molar-refractivity contribution < 1.29 is 22.3 Å². The van der Waals surface area contributed by atoms with Crippen LogP contribution >= 0.6 is 11.6 Å². The van der Waals surface area contributed by atoms with E-state index in [9.17, 15) is 12.8 Å². The van der Waals surface area contributed by atoms with Gasteiger partial charge in [0.25, 0.3) is 0 Å². The lowest BCUT2D eigenvalue weighted by Gasteiger charge is -2.10. The molecular weight excluding hydrogens is 345 g/mol. The Morgan fingerprint density at radius 1 is 1.17 bits per heavy atom. The molecule has 2 aromatic carbocycles. The molecule has 0 amide bonds. The minimum atomic E-state index is -3.83. The van der Waals surface area contributed by atoms with Crippen molar-refractivity contribution in [2.75, 3.05) is 20.3 Å². The predicted molar refractivity (Wildman–Crippen MR) is 85.1 cm³/mol. The van der Waals surface area contributed by atoms with Gasteiger partial charge in [0.05, 0.1) is 17.0 Å². The van der Waals surface area contributed by atoms with Gasteiger partial charge in [-0.3, -0.25) is 0 Å². The molecule has 0 spiro atoms. The normalized spacial score (nSPS) is 11.3. The van der Waals surface area contributed by atoms with E-state index in [1.165, 1.54) is 19.2 Å². The summed E-state index contributed by atoms with van der Waals surface area (Å²) in [5.74, 6) is -0.308. The fourth-order valence-electron chi connectivity index (χ4n) is 1.80. The van der Waals surface area contributed by atoms with E-state index in [1.54, 1.807) is 24.3 Å². The Balaban J connectivity index is 1.94. The van der Waals surface area contributed by atoms with Gasteiger partial charge in [-0.1, -0.05) is 23.7 Å². The third-order valence-corrected chi connectivity index (χ3v) is 4.69. The van der Waals surface area contributed by atoms with Gasteiger partial charge in [0.1, 0.15) is 12.4 Å². The zero-order chi connectivity index (χ0) is 16.9. The molecule has 0 saturated heterocycles. The summed E-state index contributed by atoms with van der Waals surface area (Å²) in [7, 11) is -2.53. The van der Waals surface area contributed by atoms with Crippen molar-refractivity contribution in [2.24, 2.45) is 0 Å². The van der Waals surface area contributed by atoms with Crippen molar-refractivity contribution in [2.45, 2.75) is 4.90 Å². The number of benzene rings is 2. The first kappa shape index (κ1) is 17.5. The number of nitrogens with one attached hydrogen (secondary N) is 1. The van der Waals surface area contributed by atoms with E-state index in [0.29, 0.717) is 10.8 Å². The number of ether oxygens (including phenoxy) is 2. The fraction of sp³-hybridized carbons (Fsp3) is 0.200. The van der Waals surface area contributed by atoms with Gasteiger partial charge < -0.3 is 9.47 Å². The molecule has 2 aromatic rings. The molecule has 8 heteroatoms. The van der Waals surface area contributed by atoms with E-state index in [1.807, 2.05) is 0 Å². The van der Waals surface area contributed by atoms with Gasteiger partial charge >= 0.3 is 0 Å². The summed E-state index contributed by atoms with van der Waals surface area (Å²) in [6, 6.07) is 10.3. The maximum Gasteiger partial charge on any atom is 0.240 e. The third-order valence-electron chi connectivity index (χ3n) is 2.92. The SMILES string of the molecule is COc1ccc(S(=O)(=O)NCCOc2ccccc2Cl)cc1F. The lowest BCUT2D eigenvalue weighted by Crippen LogP contribution is -2.28. The maximum atomic E-state index is 13.6. The molecule has 23 heavy (non-hydrogen) atoms. The summed E-state index contributed by atoms with van der Waals surface area (Å²) in [5, 5.41) is 0.438. The van der Waals surface area contributed by atoms with Gasteiger partial charge in [-0.2, -0.15) is 0 Å². The molecule has 0 aliphatic rings. The van der Waals surface area contributed by atoms with Crippen LogP contribution in [0.3, 0.4) is 0 Å². The molecule has 0 fully saturated rings. The van der Waals surface area contributed by atoms with Crippen LogP contribution in [0.1, 0.15) is 0 Å². The van der Waals surface area contributed by atoms with Crippen LogP contribution in [-0.2, 0) is 10.0 Å². The Labute approximate surface area is 139 Å². The fourth-order valence-corrected chi connectivity index (χ4v) is 3.01. The maximum absolute atomic E-state index is 13.6. The molecule has 0 saturated carbocycles. The lowest BCUT2D eigenvalue weighted by molar-refractivity contribution is 0.323. The Kier molecular flexibility index (Phi) is 5.81. The quantitative estimate of drug-likeness (QED) is 0.772. The van der Waals surface area contributed by atoms with Crippen LogP contribution in [-0.4, -0.2) is 28.7 Å². The number of rotatable bonds is 7. The molecule has 0 bridgehead atoms. The minimum absolute atomic E-state index is 0.0151. The van der Waals surface area contributed by atoms with Crippen molar-refractivity contribution in [1.82, 2.24) is 4.72 Å². The predicted octanol–water partition coefficient (Wildman–Crippen LogP) is 2.85. The first-order valence-electron chi connectivity index (χ1n) is 6.64. The van der Waals surface area contributed by atoms with Crippen molar-refractivity contribution in [3.63, 3.8) is 0 Å². The van der Waals surface area contributed by atoms with E-state index in [2.05, 4.69) is 4.72 Å². The van der Waals surface area contributed by atoms with E-state index in [4.69, 9.17) is 21.1 Å². The molecule has 0 unspecified atom stereocenters. The summed E-state index contributed by atoms with van der Waals surface area (Å²) in [6.45, 7) is 0.100. The van der Waals surface area contributed by atoms with E-state index >= 15 is 0 Å². The van der Waals surface area contributed by atoms with Crippen LogP contribution in [0.4, 0.5) is 4.39 Å². The molecule has 0 heterocycles. The first-order chi connectivity index (χ1) is 10.9. The number of hydrogen-bond donors (Lipinski definition) is 1. The van der Waals surface area contributed by atoms with Crippen LogP contribution in [0.5, 0.6) is 11.5 Å². The van der Waals surface area contributed by atoms with Gasteiger partial charge in [-0.25, -0.2) is 17.5 Å². The van der Waals surface area contributed by atoms with Crippen molar-refractivity contribution >= 4 is 21.6 Å². The lowest BCUT2D eigenvalue weighted by atomic mass is 10.3. The number of halogens is 2. The average molecular weight is 360 g/mol. The molecule has 1 N–H and O–H groups in total. The van der Waals surface area contributed by atoms with Gasteiger partial charge in [-0.05, 0) is 30.3 Å². The largest absolute Gasteiger partial charge is 0.494 e. The van der Waals surface area contributed by atoms with Crippen LogP contribution in [0.25, 0.3) is 0 Å². The monoisotopic (exact) mass is 359 g/mol. The number of hydrogen-bond acceptors (Lipinski definition) is 4. The molecule has 124 valence electrons. The van der Waals surface area contributed by atoms with Crippen molar-refractivity contribution in [3.8, 4) is 11.5 Å². The summed E-state index contributed by atoms with van der Waals surface area (Å²) in [5.41, 5.74) is 0. The average Bonchev–Trinajstić information content (AvgIpc) is 2.53. The smallest absolute Gasteiger partial charge is 0.240 e. The second kappa shape index (κ2) is 7.63. The topological polar surface area (TPSA) is 64.6 Å². The summed E-state index contributed by atoms with van der Waals surface area (Å²) < 4.78 is 50.2. The highest BCUT2D eigenvalue weighted by molar-refractivity contribution is 7.89. The Hall–Kier alpha value is -1.83. The summed E-state index contributed by atoms with van der Waals surface area (Å²) in [6.07, 6.45) is 0. The Bertz CT molecular complexity index is 783. The van der Waals surface area contributed by atoms with E-state index < -0.39 is 15.8 Å². The number of methoxy groups -OCH3 is 1. The molecule has 0 aliphatic heterocycles. The van der Waals surface area contributed by atoms with Crippen LogP contribution in [0.15, 0.2) is 47.4 Å². The van der Waals surface area contributed by atoms with Crippen LogP contribution < -0.4 is 14.2 Å². The second-order valence-corrected chi connectivity index (χ2v) is 6.65. The molecule has 0 atom stereocenters.